The molecule has 0 radical (unpaired) electrons. The third-order valence-corrected chi connectivity index (χ3v) is 5.29. The van der Waals surface area contributed by atoms with Crippen LogP contribution in [-0.4, -0.2) is 49.2 Å². The summed E-state index contributed by atoms with van der Waals surface area (Å²) in [5.74, 6) is 1.25. The SMILES string of the molecule is CCOc1ccc(-n2c(SCC(=O)NN=Cc3ccccn3)nnc2-c2cccnc2)cc1. The van der Waals surface area contributed by atoms with E-state index in [2.05, 4.69) is 30.7 Å². The number of hydrogen-bond acceptors (Lipinski definition) is 8. The van der Waals surface area contributed by atoms with Crippen LogP contribution in [-0.2, 0) is 4.79 Å². The van der Waals surface area contributed by atoms with Crippen molar-refractivity contribution < 1.29 is 9.53 Å². The van der Waals surface area contributed by atoms with E-state index in [4.69, 9.17) is 4.74 Å². The molecule has 0 saturated heterocycles. The van der Waals surface area contributed by atoms with E-state index in [-0.39, 0.29) is 11.7 Å². The van der Waals surface area contributed by atoms with Crippen molar-refractivity contribution in [1.82, 2.24) is 30.2 Å². The fourth-order valence-corrected chi connectivity index (χ4v) is 3.67. The molecule has 0 saturated carbocycles. The van der Waals surface area contributed by atoms with Gasteiger partial charge < -0.3 is 4.74 Å². The maximum absolute atomic E-state index is 12.3. The van der Waals surface area contributed by atoms with E-state index in [1.165, 1.54) is 18.0 Å². The zero-order chi connectivity index (χ0) is 22.9. The summed E-state index contributed by atoms with van der Waals surface area (Å²) >= 11 is 1.26. The van der Waals surface area contributed by atoms with Gasteiger partial charge in [-0.3, -0.25) is 19.3 Å². The van der Waals surface area contributed by atoms with E-state index in [0.29, 0.717) is 23.3 Å². The minimum absolute atomic E-state index is 0.113. The number of hydrogen-bond donors (Lipinski definition) is 1. The molecule has 0 unspecified atom stereocenters. The second-order valence-electron chi connectivity index (χ2n) is 6.65. The van der Waals surface area contributed by atoms with Crippen LogP contribution in [0.3, 0.4) is 0 Å². The molecule has 0 bridgehead atoms. The molecule has 166 valence electrons. The number of benzene rings is 1. The van der Waals surface area contributed by atoms with Gasteiger partial charge in [0.25, 0.3) is 5.91 Å². The lowest BCUT2D eigenvalue weighted by atomic mass is 10.2. The van der Waals surface area contributed by atoms with Crippen molar-refractivity contribution in [2.45, 2.75) is 12.1 Å². The van der Waals surface area contributed by atoms with E-state index in [0.717, 1.165) is 17.0 Å². The van der Waals surface area contributed by atoms with E-state index in [1.807, 2.05) is 60.0 Å². The number of nitrogens with zero attached hydrogens (tertiary/aromatic N) is 6. The summed E-state index contributed by atoms with van der Waals surface area (Å²) in [6.07, 6.45) is 6.58. The second kappa shape index (κ2) is 11.0. The normalized spacial score (nSPS) is 10.9. The molecule has 0 spiro atoms. The molecule has 1 aromatic carbocycles. The first-order chi connectivity index (χ1) is 16.2. The number of carbonyl (C=O) groups is 1. The van der Waals surface area contributed by atoms with Gasteiger partial charge in [0.1, 0.15) is 5.75 Å². The largest absolute Gasteiger partial charge is 0.494 e. The molecule has 1 amide bonds. The molecule has 0 fully saturated rings. The zero-order valence-electron chi connectivity index (χ0n) is 17.8. The van der Waals surface area contributed by atoms with E-state index in [1.54, 1.807) is 24.7 Å². The molecule has 0 aliphatic carbocycles. The molecule has 4 aromatic rings. The number of hydrazone groups is 1. The number of ether oxygens (including phenoxy) is 1. The monoisotopic (exact) mass is 459 g/mol. The van der Waals surface area contributed by atoms with Crippen LogP contribution in [0.5, 0.6) is 5.75 Å². The average molecular weight is 460 g/mol. The minimum atomic E-state index is -0.267. The molecule has 0 aliphatic rings. The lowest BCUT2D eigenvalue weighted by Gasteiger charge is -2.11. The van der Waals surface area contributed by atoms with Crippen LogP contribution in [0.25, 0.3) is 17.1 Å². The minimum Gasteiger partial charge on any atom is -0.494 e. The van der Waals surface area contributed by atoms with Gasteiger partial charge in [0.2, 0.25) is 0 Å². The Labute approximate surface area is 195 Å². The first kappa shape index (κ1) is 22.2. The molecule has 1 N–H and O–H groups in total. The highest BCUT2D eigenvalue weighted by molar-refractivity contribution is 7.99. The van der Waals surface area contributed by atoms with Crippen molar-refractivity contribution in [3.05, 3.63) is 78.9 Å². The summed E-state index contributed by atoms with van der Waals surface area (Å²) in [5, 5.41) is 13.2. The van der Waals surface area contributed by atoms with Crippen molar-refractivity contribution in [3.8, 4) is 22.8 Å². The van der Waals surface area contributed by atoms with Crippen LogP contribution in [0.1, 0.15) is 12.6 Å². The van der Waals surface area contributed by atoms with Crippen molar-refractivity contribution in [2.24, 2.45) is 5.10 Å². The predicted molar refractivity (Wildman–Crippen MR) is 126 cm³/mol. The molecular formula is C23H21N7O2S. The topological polar surface area (TPSA) is 107 Å². The Morgan fingerprint density at radius 1 is 1.12 bits per heavy atom. The van der Waals surface area contributed by atoms with E-state index >= 15 is 0 Å². The van der Waals surface area contributed by atoms with Crippen molar-refractivity contribution in [2.75, 3.05) is 12.4 Å². The first-order valence-electron chi connectivity index (χ1n) is 10.2. The van der Waals surface area contributed by atoms with Gasteiger partial charge in [-0.25, -0.2) is 5.43 Å². The Bertz CT molecular complexity index is 1210. The van der Waals surface area contributed by atoms with Gasteiger partial charge in [0, 0.05) is 29.8 Å². The molecule has 4 rings (SSSR count). The fraction of sp³-hybridized carbons (Fsp3) is 0.130. The lowest BCUT2D eigenvalue weighted by Crippen LogP contribution is -2.20. The molecule has 3 aromatic heterocycles. The number of carbonyl (C=O) groups excluding carboxylic acids is 1. The molecule has 10 heteroatoms. The highest BCUT2D eigenvalue weighted by Crippen LogP contribution is 2.28. The van der Waals surface area contributed by atoms with Gasteiger partial charge in [0.15, 0.2) is 11.0 Å². The summed E-state index contributed by atoms with van der Waals surface area (Å²) in [6.45, 7) is 2.53. The van der Waals surface area contributed by atoms with Crippen LogP contribution in [0.2, 0.25) is 0 Å². The maximum Gasteiger partial charge on any atom is 0.250 e. The highest BCUT2D eigenvalue weighted by atomic mass is 32.2. The summed E-state index contributed by atoms with van der Waals surface area (Å²) < 4.78 is 7.44. The molecular weight excluding hydrogens is 438 g/mol. The smallest absolute Gasteiger partial charge is 0.250 e. The lowest BCUT2D eigenvalue weighted by molar-refractivity contribution is -0.118. The molecule has 0 atom stereocenters. The van der Waals surface area contributed by atoms with Crippen LogP contribution in [0.15, 0.2) is 83.4 Å². The zero-order valence-corrected chi connectivity index (χ0v) is 18.6. The molecule has 9 nitrogen and oxygen atoms in total. The van der Waals surface area contributed by atoms with Gasteiger partial charge in [-0.2, -0.15) is 5.10 Å². The standard InChI is InChI=1S/C23H21N7O2S/c1-2-32-20-10-8-19(9-11-20)30-22(17-6-5-12-24-14-17)28-29-23(30)33-16-21(31)27-26-15-18-7-3-4-13-25-18/h3-15H,2,16H2,1H3,(H,27,31). The van der Waals surface area contributed by atoms with Crippen LogP contribution in [0, 0.1) is 0 Å². The average Bonchev–Trinajstić information content (AvgIpc) is 3.29. The second-order valence-corrected chi connectivity index (χ2v) is 7.59. The van der Waals surface area contributed by atoms with Crippen LogP contribution < -0.4 is 10.2 Å². The molecule has 3 heterocycles. The number of thioether (sulfide) groups is 1. The Morgan fingerprint density at radius 3 is 2.73 bits per heavy atom. The number of nitrogens with one attached hydrogen (secondary N) is 1. The highest BCUT2D eigenvalue weighted by Gasteiger charge is 2.17. The van der Waals surface area contributed by atoms with E-state index < -0.39 is 0 Å². The Balaban J connectivity index is 1.52. The summed E-state index contributed by atoms with van der Waals surface area (Å²) in [7, 11) is 0. The van der Waals surface area contributed by atoms with E-state index in [9.17, 15) is 4.79 Å². The number of pyridine rings is 2. The van der Waals surface area contributed by atoms with Crippen LogP contribution in [0.4, 0.5) is 0 Å². The molecule has 33 heavy (non-hydrogen) atoms. The number of amides is 1. The quantitative estimate of drug-likeness (QED) is 0.232. The third kappa shape index (κ3) is 5.80. The van der Waals surface area contributed by atoms with Crippen molar-refractivity contribution >= 4 is 23.9 Å². The molecule has 0 aliphatic heterocycles. The predicted octanol–water partition coefficient (Wildman–Crippen LogP) is 3.37. The van der Waals surface area contributed by atoms with Crippen molar-refractivity contribution in [3.63, 3.8) is 0 Å². The maximum atomic E-state index is 12.3. The Morgan fingerprint density at radius 2 is 2.00 bits per heavy atom. The number of aromatic nitrogens is 5. The van der Waals surface area contributed by atoms with Gasteiger partial charge in [-0.05, 0) is 55.5 Å². The fourth-order valence-electron chi connectivity index (χ4n) is 2.92. The summed E-state index contributed by atoms with van der Waals surface area (Å²) in [5.41, 5.74) is 4.82. The van der Waals surface area contributed by atoms with Gasteiger partial charge in [-0.15, -0.1) is 10.2 Å². The van der Waals surface area contributed by atoms with Gasteiger partial charge in [-0.1, -0.05) is 17.8 Å². The van der Waals surface area contributed by atoms with Gasteiger partial charge in [0.05, 0.1) is 24.3 Å². The first-order valence-corrected chi connectivity index (χ1v) is 11.2. The Hall–Kier alpha value is -4.05. The summed E-state index contributed by atoms with van der Waals surface area (Å²) in [4.78, 5) is 20.6. The number of rotatable bonds is 9. The third-order valence-electron chi connectivity index (χ3n) is 4.37. The Kier molecular flexibility index (Phi) is 7.39. The van der Waals surface area contributed by atoms with Crippen molar-refractivity contribution in [1.29, 1.82) is 0 Å². The summed E-state index contributed by atoms with van der Waals surface area (Å²) in [6, 6.07) is 16.8. The van der Waals surface area contributed by atoms with Gasteiger partial charge >= 0.3 is 0 Å². The van der Waals surface area contributed by atoms with Crippen LogP contribution >= 0.6 is 11.8 Å².